The average Bonchev–Trinajstić information content (AvgIpc) is 3.03. The predicted molar refractivity (Wildman–Crippen MR) is 82.3 cm³/mol. The summed E-state index contributed by atoms with van der Waals surface area (Å²) in [5.41, 5.74) is 2.81. The average molecular weight is 302 g/mol. The van der Waals surface area contributed by atoms with Crippen molar-refractivity contribution in [3.8, 4) is 5.69 Å². The summed E-state index contributed by atoms with van der Waals surface area (Å²) in [5, 5.41) is 7.69. The third kappa shape index (κ3) is 3.06. The second kappa shape index (κ2) is 5.97. The predicted octanol–water partition coefficient (Wildman–Crippen LogP) is 4.28. The van der Waals surface area contributed by atoms with E-state index in [0.29, 0.717) is 6.54 Å². The van der Waals surface area contributed by atoms with Crippen molar-refractivity contribution in [1.82, 2.24) is 9.78 Å². The molecule has 0 amide bonds. The Balaban J connectivity index is 1.81. The summed E-state index contributed by atoms with van der Waals surface area (Å²) < 4.78 is 14.9. The SMILES string of the molecule is Fc1ccc(CNc2ccccc2-n2cccn2)cc1Cl. The van der Waals surface area contributed by atoms with E-state index in [9.17, 15) is 4.39 Å². The molecular weight excluding hydrogens is 289 g/mol. The van der Waals surface area contributed by atoms with Crippen LogP contribution in [0.3, 0.4) is 0 Å². The second-order valence-corrected chi connectivity index (χ2v) is 4.98. The molecule has 3 aromatic rings. The van der Waals surface area contributed by atoms with Crippen molar-refractivity contribution in [1.29, 1.82) is 0 Å². The second-order valence-electron chi connectivity index (χ2n) is 4.57. The van der Waals surface area contributed by atoms with Crippen LogP contribution in [0.15, 0.2) is 60.9 Å². The molecule has 2 aromatic carbocycles. The highest BCUT2D eigenvalue weighted by Crippen LogP contribution is 2.21. The van der Waals surface area contributed by atoms with Crippen molar-refractivity contribution in [3.63, 3.8) is 0 Å². The minimum atomic E-state index is -0.405. The summed E-state index contributed by atoms with van der Waals surface area (Å²) in [7, 11) is 0. The zero-order valence-electron chi connectivity index (χ0n) is 11.1. The number of aromatic nitrogens is 2. The van der Waals surface area contributed by atoms with Gasteiger partial charge >= 0.3 is 0 Å². The van der Waals surface area contributed by atoms with Crippen LogP contribution in [0.4, 0.5) is 10.1 Å². The molecule has 0 radical (unpaired) electrons. The highest BCUT2D eigenvalue weighted by Gasteiger charge is 2.05. The number of anilines is 1. The van der Waals surface area contributed by atoms with E-state index in [1.54, 1.807) is 23.0 Å². The van der Waals surface area contributed by atoms with Crippen molar-refractivity contribution >= 4 is 17.3 Å². The minimum absolute atomic E-state index is 0.134. The van der Waals surface area contributed by atoms with Crippen LogP contribution in [0.5, 0.6) is 0 Å². The smallest absolute Gasteiger partial charge is 0.141 e. The molecule has 0 atom stereocenters. The van der Waals surface area contributed by atoms with Crippen molar-refractivity contribution in [2.75, 3.05) is 5.32 Å². The van der Waals surface area contributed by atoms with Crippen molar-refractivity contribution in [3.05, 3.63) is 77.3 Å². The number of hydrogen-bond acceptors (Lipinski definition) is 2. The van der Waals surface area contributed by atoms with Crippen LogP contribution >= 0.6 is 11.6 Å². The molecule has 0 unspecified atom stereocenters. The number of benzene rings is 2. The number of halogens is 2. The van der Waals surface area contributed by atoms with Gasteiger partial charge < -0.3 is 5.32 Å². The molecule has 0 saturated heterocycles. The normalized spacial score (nSPS) is 10.6. The molecule has 3 rings (SSSR count). The summed E-state index contributed by atoms with van der Waals surface area (Å²) in [5.74, 6) is -0.405. The number of nitrogens with one attached hydrogen (secondary N) is 1. The Hall–Kier alpha value is -2.33. The fourth-order valence-electron chi connectivity index (χ4n) is 2.08. The van der Waals surface area contributed by atoms with Crippen molar-refractivity contribution in [2.24, 2.45) is 0 Å². The Morgan fingerprint density at radius 2 is 2.00 bits per heavy atom. The number of nitrogens with zero attached hydrogens (tertiary/aromatic N) is 2. The first kappa shape index (κ1) is 13.6. The Morgan fingerprint density at radius 3 is 2.76 bits per heavy atom. The van der Waals surface area contributed by atoms with Crippen LogP contribution in [0, 0.1) is 5.82 Å². The van der Waals surface area contributed by atoms with Gasteiger partial charge in [0.05, 0.1) is 16.4 Å². The maximum atomic E-state index is 13.1. The summed E-state index contributed by atoms with van der Waals surface area (Å²) in [6.45, 7) is 0.554. The van der Waals surface area contributed by atoms with E-state index >= 15 is 0 Å². The standard InChI is InChI=1S/C16H13ClFN3/c17-13-10-12(6-7-14(13)18)11-19-15-4-1-2-5-16(15)21-9-3-8-20-21/h1-10,19H,11H2. The summed E-state index contributed by atoms with van der Waals surface area (Å²) in [6.07, 6.45) is 3.62. The molecular formula is C16H13ClFN3. The molecule has 5 heteroatoms. The fourth-order valence-corrected chi connectivity index (χ4v) is 2.28. The van der Waals surface area contributed by atoms with Gasteiger partial charge in [-0.3, -0.25) is 0 Å². The number of rotatable bonds is 4. The highest BCUT2D eigenvalue weighted by atomic mass is 35.5. The molecule has 0 fully saturated rings. The largest absolute Gasteiger partial charge is 0.379 e. The monoisotopic (exact) mass is 301 g/mol. The zero-order chi connectivity index (χ0) is 14.7. The summed E-state index contributed by atoms with van der Waals surface area (Å²) >= 11 is 5.79. The highest BCUT2D eigenvalue weighted by molar-refractivity contribution is 6.30. The molecule has 21 heavy (non-hydrogen) atoms. The van der Waals surface area contributed by atoms with Gasteiger partial charge in [0.15, 0.2) is 0 Å². The zero-order valence-corrected chi connectivity index (χ0v) is 11.9. The molecule has 0 bridgehead atoms. The lowest BCUT2D eigenvalue weighted by Gasteiger charge is -2.12. The van der Waals surface area contributed by atoms with Crippen LogP contribution in [-0.4, -0.2) is 9.78 Å². The van der Waals surface area contributed by atoms with Gasteiger partial charge in [0.1, 0.15) is 5.82 Å². The van der Waals surface area contributed by atoms with E-state index in [1.807, 2.05) is 36.5 Å². The molecule has 1 N–H and O–H groups in total. The van der Waals surface area contributed by atoms with E-state index in [4.69, 9.17) is 11.6 Å². The van der Waals surface area contributed by atoms with Crippen LogP contribution in [0.1, 0.15) is 5.56 Å². The van der Waals surface area contributed by atoms with Gasteiger partial charge in [0.25, 0.3) is 0 Å². The maximum Gasteiger partial charge on any atom is 0.141 e. The molecule has 0 aliphatic carbocycles. The first-order valence-corrected chi connectivity index (χ1v) is 6.89. The van der Waals surface area contributed by atoms with Crippen molar-refractivity contribution < 1.29 is 4.39 Å². The first-order chi connectivity index (χ1) is 10.2. The Labute approximate surface area is 127 Å². The molecule has 0 saturated carbocycles. The topological polar surface area (TPSA) is 29.9 Å². The van der Waals surface area contributed by atoms with Gasteiger partial charge in [0, 0.05) is 18.9 Å². The fraction of sp³-hybridized carbons (Fsp3) is 0.0625. The van der Waals surface area contributed by atoms with E-state index < -0.39 is 5.82 Å². The lowest BCUT2D eigenvalue weighted by Crippen LogP contribution is -2.04. The number of hydrogen-bond donors (Lipinski definition) is 1. The van der Waals surface area contributed by atoms with Crippen LogP contribution in [-0.2, 0) is 6.54 Å². The van der Waals surface area contributed by atoms with Crippen molar-refractivity contribution in [2.45, 2.75) is 6.54 Å². The van der Waals surface area contributed by atoms with Gasteiger partial charge in [-0.1, -0.05) is 29.8 Å². The maximum absolute atomic E-state index is 13.1. The van der Waals surface area contributed by atoms with Gasteiger partial charge in [-0.05, 0) is 35.9 Å². The van der Waals surface area contributed by atoms with Gasteiger partial charge in [-0.25, -0.2) is 9.07 Å². The third-order valence-corrected chi connectivity index (χ3v) is 3.41. The quantitative estimate of drug-likeness (QED) is 0.779. The molecule has 106 valence electrons. The Kier molecular flexibility index (Phi) is 3.88. The lowest BCUT2D eigenvalue weighted by molar-refractivity contribution is 0.627. The van der Waals surface area contributed by atoms with Crippen LogP contribution < -0.4 is 5.32 Å². The molecule has 0 aliphatic heterocycles. The molecule has 0 spiro atoms. The molecule has 1 heterocycles. The van der Waals surface area contributed by atoms with Gasteiger partial charge in [-0.2, -0.15) is 5.10 Å². The Bertz CT molecular complexity index is 741. The molecule has 1 aromatic heterocycles. The van der Waals surface area contributed by atoms with Gasteiger partial charge in [-0.15, -0.1) is 0 Å². The van der Waals surface area contributed by atoms with E-state index in [2.05, 4.69) is 10.4 Å². The van der Waals surface area contributed by atoms with E-state index in [0.717, 1.165) is 16.9 Å². The molecule has 3 nitrogen and oxygen atoms in total. The minimum Gasteiger partial charge on any atom is -0.379 e. The van der Waals surface area contributed by atoms with Crippen LogP contribution in [0.2, 0.25) is 5.02 Å². The third-order valence-electron chi connectivity index (χ3n) is 3.12. The summed E-state index contributed by atoms with van der Waals surface area (Å²) in [4.78, 5) is 0. The van der Waals surface area contributed by atoms with Gasteiger partial charge in [0.2, 0.25) is 0 Å². The molecule has 0 aliphatic rings. The van der Waals surface area contributed by atoms with E-state index in [1.165, 1.54) is 6.07 Å². The number of para-hydroxylation sites is 2. The summed E-state index contributed by atoms with van der Waals surface area (Å²) in [6, 6.07) is 14.4. The Morgan fingerprint density at radius 1 is 1.14 bits per heavy atom. The van der Waals surface area contributed by atoms with E-state index in [-0.39, 0.29) is 5.02 Å². The van der Waals surface area contributed by atoms with Crippen LogP contribution in [0.25, 0.3) is 5.69 Å². The lowest BCUT2D eigenvalue weighted by atomic mass is 10.2. The first-order valence-electron chi connectivity index (χ1n) is 6.51.